The van der Waals surface area contributed by atoms with Crippen molar-refractivity contribution >= 4 is 52.1 Å². The number of rotatable bonds is 4. The van der Waals surface area contributed by atoms with Crippen LogP contribution in [-0.2, 0) is 14.8 Å². The van der Waals surface area contributed by atoms with Gasteiger partial charge in [-0.2, -0.15) is 4.31 Å². The number of sulfonamides is 1. The van der Waals surface area contributed by atoms with E-state index in [1.165, 1.54) is 22.8 Å². The summed E-state index contributed by atoms with van der Waals surface area (Å²) < 4.78 is 26.6. The first-order valence-electron chi connectivity index (χ1n) is 8.45. The number of carbonyl (C=O) groups is 1. The zero-order valence-corrected chi connectivity index (χ0v) is 17.8. The summed E-state index contributed by atoms with van der Waals surface area (Å²) in [5, 5.41) is 2.91. The van der Waals surface area contributed by atoms with Crippen molar-refractivity contribution in [2.24, 2.45) is 5.92 Å². The van der Waals surface area contributed by atoms with Crippen molar-refractivity contribution in [3.05, 3.63) is 48.3 Å². The molecular weight excluding hydrogens is 423 g/mol. The maximum absolute atomic E-state index is 12.6. The van der Waals surface area contributed by atoms with Crippen LogP contribution in [0.5, 0.6) is 0 Å². The van der Waals surface area contributed by atoms with Crippen LogP contribution >= 0.6 is 24.8 Å². The Morgan fingerprint density at radius 1 is 1.21 bits per heavy atom. The van der Waals surface area contributed by atoms with E-state index < -0.39 is 10.0 Å². The van der Waals surface area contributed by atoms with Gasteiger partial charge in [0, 0.05) is 42.8 Å². The number of hydrogen-bond acceptors (Lipinski definition) is 5. The number of anilines is 2. The van der Waals surface area contributed by atoms with Crippen molar-refractivity contribution in [3.8, 4) is 0 Å². The van der Waals surface area contributed by atoms with Crippen LogP contribution in [0.25, 0.3) is 0 Å². The van der Waals surface area contributed by atoms with Crippen LogP contribution in [0.2, 0.25) is 0 Å². The Balaban J connectivity index is 0.00000196. The summed E-state index contributed by atoms with van der Waals surface area (Å²) in [7, 11) is -3.56. The molecule has 28 heavy (non-hydrogen) atoms. The number of amides is 1. The third-order valence-corrected chi connectivity index (χ3v) is 6.50. The van der Waals surface area contributed by atoms with E-state index >= 15 is 0 Å². The first-order chi connectivity index (χ1) is 12.4. The molecule has 1 aliphatic heterocycles. The molecule has 0 atom stereocenters. The molecule has 7 nitrogen and oxygen atoms in total. The van der Waals surface area contributed by atoms with Crippen LogP contribution < -0.4 is 11.1 Å². The molecule has 2 heterocycles. The summed E-state index contributed by atoms with van der Waals surface area (Å²) in [6.07, 6.45) is 3.84. The molecule has 3 N–H and O–H groups in total. The minimum Gasteiger partial charge on any atom is -0.399 e. The largest absolute Gasteiger partial charge is 0.399 e. The second-order valence-corrected chi connectivity index (χ2v) is 8.37. The molecule has 0 unspecified atom stereocenters. The zero-order valence-electron chi connectivity index (χ0n) is 15.4. The minimum absolute atomic E-state index is 0. The van der Waals surface area contributed by atoms with Crippen LogP contribution in [0.3, 0.4) is 0 Å². The predicted octanol–water partition coefficient (Wildman–Crippen LogP) is 2.86. The molecule has 0 radical (unpaired) electrons. The highest BCUT2D eigenvalue weighted by molar-refractivity contribution is 7.89. The van der Waals surface area contributed by atoms with E-state index in [4.69, 9.17) is 5.73 Å². The molecule has 1 aromatic heterocycles. The average Bonchev–Trinajstić information content (AvgIpc) is 2.65. The van der Waals surface area contributed by atoms with Gasteiger partial charge in [0.15, 0.2) is 0 Å². The molecule has 1 saturated heterocycles. The van der Waals surface area contributed by atoms with E-state index in [0.29, 0.717) is 37.3 Å². The van der Waals surface area contributed by atoms with Gasteiger partial charge in [0.2, 0.25) is 15.9 Å². The molecule has 0 spiro atoms. The standard InChI is InChI=1S/C18H22N4O3S.2ClH/c1-13-4-5-15(19)11-17(13)21-18(23)14-6-9-22(10-7-14)26(24,25)16-3-2-8-20-12-16;;/h2-5,8,11-12,14H,6-7,9-10,19H2,1H3,(H,21,23);2*1H. The average molecular weight is 447 g/mol. The molecule has 0 saturated carbocycles. The van der Waals surface area contributed by atoms with Gasteiger partial charge in [0.25, 0.3) is 0 Å². The summed E-state index contributed by atoms with van der Waals surface area (Å²) in [5.74, 6) is -0.326. The Bertz CT molecular complexity index is 902. The molecular formula is C18H24Cl2N4O3S. The summed E-state index contributed by atoms with van der Waals surface area (Å²) in [6, 6.07) is 8.50. The van der Waals surface area contributed by atoms with Gasteiger partial charge >= 0.3 is 0 Å². The molecule has 1 amide bonds. The van der Waals surface area contributed by atoms with Gasteiger partial charge in [0.1, 0.15) is 4.90 Å². The van der Waals surface area contributed by atoms with E-state index in [0.717, 1.165) is 5.56 Å². The maximum atomic E-state index is 12.6. The van der Waals surface area contributed by atoms with Gasteiger partial charge in [-0.05, 0) is 49.6 Å². The number of carbonyl (C=O) groups excluding carboxylic acids is 1. The normalized spacial score (nSPS) is 15.2. The van der Waals surface area contributed by atoms with E-state index in [1.807, 2.05) is 13.0 Å². The molecule has 2 aromatic rings. The van der Waals surface area contributed by atoms with Gasteiger partial charge in [-0.1, -0.05) is 6.07 Å². The summed E-state index contributed by atoms with van der Waals surface area (Å²) in [4.78, 5) is 16.6. The van der Waals surface area contributed by atoms with Gasteiger partial charge in [-0.25, -0.2) is 8.42 Å². The molecule has 1 fully saturated rings. The number of nitrogens with one attached hydrogen (secondary N) is 1. The maximum Gasteiger partial charge on any atom is 0.244 e. The Kier molecular flexibility index (Phi) is 8.69. The lowest BCUT2D eigenvalue weighted by Gasteiger charge is -2.30. The van der Waals surface area contributed by atoms with Crippen molar-refractivity contribution in [1.29, 1.82) is 0 Å². The SMILES string of the molecule is Cc1ccc(N)cc1NC(=O)C1CCN(S(=O)(=O)c2cccnc2)CC1.Cl.Cl. The van der Waals surface area contributed by atoms with Crippen molar-refractivity contribution in [1.82, 2.24) is 9.29 Å². The number of pyridine rings is 1. The van der Waals surface area contributed by atoms with Gasteiger partial charge < -0.3 is 11.1 Å². The van der Waals surface area contributed by atoms with Crippen molar-refractivity contribution in [2.75, 3.05) is 24.1 Å². The van der Waals surface area contributed by atoms with Crippen LogP contribution in [0.15, 0.2) is 47.6 Å². The van der Waals surface area contributed by atoms with E-state index in [9.17, 15) is 13.2 Å². The molecule has 0 aliphatic carbocycles. The van der Waals surface area contributed by atoms with Gasteiger partial charge in [0.05, 0.1) is 0 Å². The Hall–Kier alpha value is -1.87. The molecule has 10 heteroatoms. The van der Waals surface area contributed by atoms with Gasteiger partial charge in [-0.15, -0.1) is 24.8 Å². The highest BCUT2D eigenvalue weighted by atomic mass is 35.5. The van der Waals surface area contributed by atoms with Crippen molar-refractivity contribution < 1.29 is 13.2 Å². The number of hydrogen-bond donors (Lipinski definition) is 2. The fraction of sp³-hybridized carbons (Fsp3) is 0.333. The van der Waals surface area contributed by atoms with Crippen molar-refractivity contribution in [2.45, 2.75) is 24.7 Å². The lowest BCUT2D eigenvalue weighted by Crippen LogP contribution is -2.41. The van der Waals surface area contributed by atoms with Crippen LogP contribution in [0.4, 0.5) is 11.4 Å². The molecule has 154 valence electrons. The molecule has 3 rings (SSSR count). The third-order valence-electron chi connectivity index (χ3n) is 4.62. The highest BCUT2D eigenvalue weighted by Crippen LogP contribution is 2.25. The smallest absolute Gasteiger partial charge is 0.244 e. The Morgan fingerprint density at radius 3 is 2.50 bits per heavy atom. The lowest BCUT2D eigenvalue weighted by atomic mass is 9.97. The highest BCUT2D eigenvalue weighted by Gasteiger charge is 2.32. The quantitative estimate of drug-likeness (QED) is 0.702. The van der Waals surface area contributed by atoms with Gasteiger partial charge in [-0.3, -0.25) is 9.78 Å². The predicted molar refractivity (Wildman–Crippen MR) is 114 cm³/mol. The fourth-order valence-corrected chi connectivity index (χ4v) is 4.45. The van der Waals surface area contributed by atoms with E-state index in [2.05, 4.69) is 10.3 Å². The molecule has 1 aromatic carbocycles. The zero-order chi connectivity index (χ0) is 18.7. The fourth-order valence-electron chi connectivity index (χ4n) is 3.02. The summed E-state index contributed by atoms with van der Waals surface area (Å²) in [6.45, 7) is 2.52. The topological polar surface area (TPSA) is 105 Å². The number of nitrogens with two attached hydrogens (primary N) is 1. The molecule has 0 bridgehead atoms. The number of nitrogen functional groups attached to an aromatic ring is 1. The minimum atomic E-state index is -3.56. The van der Waals surface area contributed by atoms with Crippen molar-refractivity contribution in [3.63, 3.8) is 0 Å². The van der Waals surface area contributed by atoms with E-state index in [-0.39, 0.29) is 41.5 Å². The second kappa shape index (κ2) is 10.1. The van der Waals surface area contributed by atoms with Crippen LogP contribution in [0.1, 0.15) is 18.4 Å². The number of aryl methyl sites for hydroxylation is 1. The molecule has 1 aliphatic rings. The Labute approximate surface area is 177 Å². The summed E-state index contributed by atoms with van der Waals surface area (Å²) >= 11 is 0. The monoisotopic (exact) mass is 446 g/mol. The number of benzene rings is 1. The van der Waals surface area contributed by atoms with E-state index in [1.54, 1.807) is 18.2 Å². The number of piperidine rings is 1. The lowest BCUT2D eigenvalue weighted by molar-refractivity contribution is -0.120. The second-order valence-electron chi connectivity index (χ2n) is 6.43. The van der Waals surface area contributed by atoms with Crippen LogP contribution in [0, 0.1) is 12.8 Å². The first-order valence-corrected chi connectivity index (χ1v) is 9.89. The first kappa shape index (κ1) is 24.2. The number of halogens is 2. The number of aromatic nitrogens is 1. The van der Waals surface area contributed by atoms with Crippen LogP contribution in [-0.4, -0.2) is 36.7 Å². The Morgan fingerprint density at radius 2 is 1.89 bits per heavy atom. The third kappa shape index (κ3) is 5.35. The summed E-state index contributed by atoms with van der Waals surface area (Å²) in [5.41, 5.74) is 7.99. The number of nitrogens with zero attached hydrogens (tertiary/aromatic N) is 2.